The van der Waals surface area contributed by atoms with Crippen LogP contribution in [0.4, 0.5) is 0 Å². The minimum Gasteiger partial charge on any atom is -0.394 e. The molecule has 4 heterocycles. The second-order valence-corrected chi connectivity index (χ2v) is 21.6. The Morgan fingerprint density at radius 1 is 0.646 bits per heavy atom. The molecule has 4 aliphatic heterocycles. The Kier molecular flexibility index (Phi) is 15.1. The Hall–Kier alpha value is -0.800. The molecule has 28 unspecified atom stereocenters. The molecule has 0 aromatic rings. The van der Waals surface area contributed by atoms with Crippen molar-refractivity contribution in [2.75, 3.05) is 26.4 Å². The molecule has 4 saturated carbocycles. The summed E-state index contributed by atoms with van der Waals surface area (Å²) in [6.07, 6.45) is -17.7. The molecule has 20 heteroatoms. The van der Waals surface area contributed by atoms with E-state index < -0.39 is 130 Å². The molecule has 0 radical (unpaired) electrons. The highest BCUT2D eigenvalue weighted by atomic mass is 16.7. The van der Waals surface area contributed by atoms with Crippen LogP contribution in [0.2, 0.25) is 0 Å². The van der Waals surface area contributed by atoms with Crippen LogP contribution in [0.15, 0.2) is 0 Å². The summed E-state index contributed by atoms with van der Waals surface area (Å²) >= 11 is 0. The Morgan fingerprint density at radius 2 is 1.23 bits per heavy atom. The van der Waals surface area contributed by atoms with Crippen LogP contribution in [-0.2, 0) is 33.2 Å². The van der Waals surface area contributed by atoms with E-state index in [2.05, 4.69) is 20.8 Å². The van der Waals surface area contributed by atoms with E-state index in [9.17, 15) is 66.4 Å². The molecule has 13 N–H and O–H groups in total. The standard InChI is InChI=1S/C45H76O20/c1-18(17-59-40-36(55)33(52)31(50)27(14-46)61-40)7-10-45(58)19(2)30-26(65-45)12-23-21-6-5-20-11-25(24(49)13-44(20,4)22(21)8-9-43(23,30)3)60-41-38(57)35(54)39(29(16-48)63-41)64-42-37(56)34(53)32(51)28(15-47)62-42/h18-42,46-58H,5-17H2,1-4H3. The van der Waals surface area contributed by atoms with Gasteiger partial charge in [-0.05, 0) is 97.7 Å². The number of fused-ring (bicyclic) bond motifs is 7. The fourth-order valence-electron chi connectivity index (χ4n) is 14.2. The third-order valence-electron chi connectivity index (χ3n) is 18.0. The van der Waals surface area contributed by atoms with E-state index in [4.69, 9.17) is 33.2 Å². The summed E-state index contributed by atoms with van der Waals surface area (Å²) in [7, 11) is 0. The molecule has 65 heavy (non-hydrogen) atoms. The Morgan fingerprint density at radius 3 is 1.88 bits per heavy atom. The van der Waals surface area contributed by atoms with Crippen LogP contribution in [0.1, 0.15) is 85.5 Å². The van der Waals surface area contributed by atoms with Crippen LogP contribution in [0.25, 0.3) is 0 Å². The quantitative estimate of drug-likeness (QED) is 0.0829. The van der Waals surface area contributed by atoms with Crippen molar-refractivity contribution in [2.45, 2.75) is 202 Å². The van der Waals surface area contributed by atoms with Crippen LogP contribution in [0, 0.1) is 52.3 Å². The molecule has 0 bridgehead atoms. The minimum absolute atomic E-state index is 0.0569. The molecular weight excluding hydrogens is 860 g/mol. The van der Waals surface area contributed by atoms with Gasteiger partial charge in [0.1, 0.15) is 73.2 Å². The lowest BCUT2D eigenvalue weighted by atomic mass is 9.44. The van der Waals surface area contributed by atoms with Crippen LogP contribution < -0.4 is 0 Å². The minimum atomic E-state index is -1.78. The zero-order valence-electron chi connectivity index (χ0n) is 37.8. The van der Waals surface area contributed by atoms with Gasteiger partial charge in [-0.15, -0.1) is 0 Å². The second-order valence-electron chi connectivity index (χ2n) is 21.6. The Bertz CT molecular complexity index is 1590. The van der Waals surface area contributed by atoms with Gasteiger partial charge in [0.2, 0.25) is 0 Å². The molecule has 28 atom stereocenters. The number of ether oxygens (including phenoxy) is 7. The average Bonchev–Trinajstić information content (AvgIpc) is 3.72. The summed E-state index contributed by atoms with van der Waals surface area (Å²) in [6, 6.07) is 0. The first-order chi connectivity index (χ1) is 30.7. The Labute approximate surface area is 379 Å². The maximum Gasteiger partial charge on any atom is 0.187 e. The van der Waals surface area contributed by atoms with Gasteiger partial charge in [-0.3, -0.25) is 0 Å². The number of aliphatic hydroxyl groups excluding tert-OH is 12. The average molecular weight is 937 g/mol. The maximum atomic E-state index is 12.0. The molecule has 4 aliphatic carbocycles. The molecule has 8 aliphatic rings. The highest BCUT2D eigenvalue weighted by Gasteiger charge is 2.69. The number of rotatable bonds is 13. The predicted molar refractivity (Wildman–Crippen MR) is 220 cm³/mol. The van der Waals surface area contributed by atoms with Gasteiger partial charge >= 0.3 is 0 Å². The van der Waals surface area contributed by atoms with E-state index in [-0.39, 0.29) is 47.2 Å². The first-order valence-electron chi connectivity index (χ1n) is 23.9. The Balaban J connectivity index is 0.852. The van der Waals surface area contributed by atoms with Gasteiger partial charge in [0, 0.05) is 12.3 Å². The topological polar surface area (TPSA) is 328 Å². The monoisotopic (exact) mass is 936 g/mol. The molecule has 0 spiro atoms. The lowest BCUT2D eigenvalue weighted by Gasteiger charge is -2.62. The van der Waals surface area contributed by atoms with Crippen molar-refractivity contribution < 1.29 is 99.5 Å². The first kappa shape index (κ1) is 50.6. The van der Waals surface area contributed by atoms with Crippen LogP contribution in [0.5, 0.6) is 0 Å². The summed E-state index contributed by atoms with van der Waals surface area (Å²) in [5, 5.41) is 137. The summed E-state index contributed by atoms with van der Waals surface area (Å²) in [6.45, 7) is 6.91. The smallest absolute Gasteiger partial charge is 0.187 e. The van der Waals surface area contributed by atoms with Crippen molar-refractivity contribution in [1.29, 1.82) is 0 Å². The fraction of sp³-hybridized carbons (Fsp3) is 1.00. The van der Waals surface area contributed by atoms with Crippen molar-refractivity contribution in [2.24, 2.45) is 52.3 Å². The third kappa shape index (κ3) is 8.89. The predicted octanol–water partition coefficient (Wildman–Crippen LogP) is -2.81. The van der Waals surface area contributed by atoms with E-state index in [1.54, 1.807) is 0 Å². The van der Waals surface area contributed by atoms with Crippen LogP contribution in [0.3, 0.4) is 0 Å². The maximum absolute atomic E-state index is 12.0. The molecule has 0 aromatic heterocycles. The second kappa shape index (κ2) is 19.4. The molecule has 4 saturated heterocycles. The number of hydrogen-bond donors (Lipinski definition) is 13. The zero-order chi connectivity index (χ0) is 47.1. The lowest BCUT2D eigenvalue weighted by molar-refractivity contribution is -0.366. The molecule has 376 valence electrons. The van der Waals surface area contributed by atoms with Crippen LogP contribution in [-0.4, -0.2) is 209 Å². The fourth-order valence-corrected chi connectivity index (χ4v) is 14.2. The largest absolute Gasteiger partial charge is 0.394 e. The number of hydrogen-bond acceptors (Lipinski definition) is 20. The van der Waals surface area contributed by atoms with E-state index in [1.807, 2.05) is 6.92 Å². The van der Waals surface area contributed by atoms with Gasteiger partial charge < -0.3 is 99.5 Å². The van der Waals surface area contributed by atoms with E-state index in [0.29, 0.717) is 43.4 Å². The summed E-state index contributed by atoms with van der Waals surface area (Å²) in [5.41, 5.74) is -0.260. The summed E-state index contributed by atoms with van der Waals surface area (Å²) in [5.74, 6) is -0.0721. The highest BCUT2D eigenvalue weighted by Crippen LogP contribution is 2.71. The van der Waals surface area contributed by atoms with Crippen LogP contribution >= 0.6 is 0 Å². The van der Waals surface area contributed by atoms with Gasteiger partial charge in [-0.1, -0.05) is 27.7 Å². The van der Waals surface area contributed by atoms with Gasteiger partial charge in [0.15, 0.2) is 24.7 Å². The molecule has 8 fully saturated rings. The summed E-state index contributed by atoms with van der Waals surface area (Å²) in [4.78, 5) is 0. The normalized spacial score (nSPS) is 56.1. The van der Waals surface area contributed by atoms with Crippen molar-refractivity contribution in [1.82, 2.24) is 0 Å². The van der Waals surface area contributed by atoms with Crippen molar-refractivity contribution in [3.8, 4) is 0 Å². The van der Waals surface area contributed by atoms with Gasteiger partial charge in [-0.25, -0.2) is 0 Å². The van der Waals surface area contributed by atoms with E-state index in [0.717, 1.165) is 32.1 Å². The van der Waals surface area contributed by atoms with Crippen molar-refractivity contribution >= 4 is 0 Å². The molecule has 0 aromatic carbocycles. The molecular formula is C45H76O20. The SMILES string of the molecule is CC(CCC1(O)OC2CC3C4CCC5CC(OC6OC(CO)C(OC7OC(CO)C(O)C(O)C7O)C(O)C6O)C(O)CC5(C)C4CCC3(C)C2C1C)COC1OC(CO)C(O)C(O)C1O. The van der Waals surface area contributed by atoms with Crippen molar-refractivity contribution in [3.63, 3.8) is 0 Å². The van der Waals surface area contributed by atoms with E-state index in [1.165, 1.54) is 0 Å². The molecule has 20 nitrogen and oxygen atoms in total. The van der Waals surface area contributed by atoms with Gasteiger partial charge in [-0.2, -0.15) is 0 Å². The zero-order valence-corrected chi connectivity index (χ0v) is 37.8. The molecule has 0 amide bonds. The third-order valence-corrected chi connectivity index (χ3v) is 18.0. The summed E-state index contributed by atoms with van der Waals surface area (Å²) < 4.78 is 41.2. The van der Waals surface area contributed by atoms with Crippen molar-refractivity contribution in [3.05, 3.63) is 0 Å². The van der Waals surface area contributed by atoms with Gasteiger partial charge in [0.05, 0.1) is 44.7 Å². The highest BCUT2D eigenvalue weighted by molar-refractivity contribution is 5.15. The van der Waals surface area contributed by atoms with Gasteiger partial charge in [0.25, 0.3) is 0 Å². The number of aliphatic hydroxyl groups is 13. The first-order valence-corrected chi connectivity index (χ1v) is 23.9. The lowest BCUT2D eigenvalue weighted by Crippen LogP contribution is -2.65. The van der Waals surface area contributed by atoms with E-state index >= 15 is 0 Å². The molecule has 8 rings (SSSR count).